The van der Waals surface area contributed by atoms with E-state index in [1.807, 2.05) is 29.7 Å². The number of aliphatic hydroxyl groups is 1. The number of nitrogens with zero attached hydrogens (tertiary/aromatic N) is 8. The van der Waals surface area contributed by atoms with Crippen molar-refractivity contribution in [2.24, 2.45) is 7.05 Å². The molecule has 0 unspecified atom stereocenters. The Labute approximate surface area is 237 Å². The SMILES string of the molecule is C=CC(=O)N1CCN(C2CN(c3cc(N4CCC(c5c(C)cnn5C)CC4)nc(C(F)(F)F)c3C#N)C2)[C@@H](CO)C1. The Hall–Kier alpha value is -3.63. The lowest BCUT2D eigenvalue weighted by atomic mass is 9.91. The number of aliphatic hydroxyl groups excluding tert-OH is 1. The molecule has 0 saturated carbocycles. The van der Waals surface area contributed by atoms with Crippen molar-refractivity contribution in [3.05, 3.63) is 47.4 Å². The molecule has 5 rings (SSSR count). The van der Waals surface area contributed by atoms with Gasteiger partial charge in [0.15, 0.2) is 5.69 Å². The van der Waals surface area contributed by atoms with E-state index in [2.05, 4.69) is 21.6 Å². The zero-order valence-corrected chi connectivity index (χ0v) is 23.3. The Morgan fingerprint density at radius 1 is 1.20 bits per heavy atom. The molecule has 1 amide bonds. The minimum absolute atomic E-state index is 0.0245. The summed E-state index contributed by atoms with van der Waals surface area (Å²) in [5.41, 5.74) is 0.849. The molecule has 13 heteroatoms. The third-order valence-corrected chi connectivity index (χ3v) is 8.65. The molecule has 0 spiro atoms. The number of halogens is 3. The third-order valence-electron chi connectivity index (χ3n) is 8.65. The van der Waals surface area contributed by atoms with E-state index >= 15 is 0 Å². The van der Waals surface area contributed by atoms with Crippen LogP contribution in [0.2, 0.25) is 0 Å². The van der Waals surface area contributed by atoms with Crippen molar-refractivity contribution in [2.45, 2.75) is 43.9 Å². The van der Waals surface area contributed by atoms with Gasteiger partial charge >= 0.3 is 6.18 Å². The maximum absolute atomic E-state index is 14.1. The molecule has 0 aromatic carbocycles. The van der Waals surface area contributed by atoms with Crippen molar-refractivity contribution >= 4 is 17.4 Å². The van der Waals surface area contributed by atoms with Crippen LogP contribution in [0.25, 0.3) is 0 Å². The van der Waals surface area contributed by atoms with Gasteiger partial charge in [0.1, 0.15) is 17.5 Å². The summed E-state index contributed by atoms with van der Waals surface area (Å²) in [6, 6.07) is 3.08. The maximum Gasteiger partial charge on any atom is 0.434 e. The predicted octanol–water partition coefficient (Wildman–Crippen LogP) is 2.28. The van der Waals surface area contributed by atoms with Crippen LogP contribution >= 0.6 is 0 Å². The fourth-order valence-electron chi connectivity index (χ4n) is 6.47. The molecule has 3 aliphatic heterocycles. The highest BCUT2D eigenvalue weighted by atomic mass is 19.4. The number of hydrogen-bond acceptors (Lipinski definition) is 8. The summed E-state index contributed by atoms with van der Waals surface area (Å²) in [4.78, 5) is 23.4. The van der Waals surface area contributed by atoms with Gasteiger partial charge in [-0.25, -0.2) is 4.98 Å². The standard InChI is InChI=1S/C28H35F3N8O2/c1-4-25(41)37-9-10-39(21(16-37)17-40)20-14-38(15-20)23-11-24(34-27(22(23)12-32)28(29,30)31)36-7-5-19(6-8-36)26-18(2)13-33-35(26)3/h4,11,13,19-21,40H,1,5-10,14-17H2,2-3H3/t21-/m1/s1. The number of carbonyl (C=O) groups excluding carboxylic acids is 1. The van der Waals surface area contributed by atoms with Crippen LogP contribution in [-0.4, -0.2) is 100 Å². The third kappa shape index (κ3) is 5.50. The first-order valence-corrected chi connectivity index (χ1v) is 13.8. The lowest BCUT2D eigenvalue weighted by molar-refractivity contribution is -0.141. The molecule has 3 fully saturated rings. The van der Waals surface area contributed by atoms with Crippen molar-refractivity contribution in [3.63, 3.8) is 0 Å². The second-order valence-electron chi connectivity index (χ2n) is 11.1. The largest absolute Gasteiger partial charge is 0.434 e. The molecule has 3 aliphatic rings. The Morgan fingerprint density at radius 2 is 1.90 bits per heavy atom. The lowest BCUT2D eigenvalue weighted by Gasteiger charge is -2.52. The number of piperazine rings is 1. The van der Waals surface area contributed by atoms with Gasteiger partial charge in [-0.1, -0.05) is 6.58 Å². The van der Waals surface area contributed by atoms with E-state index in [4.69, 9.17) is 0 Å². The quantitative estimate of drug-likeness (QED) is 0.526. The number of aromatic nitrogens is 3. The van der Waals surface area contributed by atoms with Crippen LogP contribution in [0.15, 0.2) is 24.9 Å². The van der Waals surface area contributed by atoms with Crippen LogP contribution in [0.4, 0.5) is 24.7 Å². The molecule has 0 radical (unpaired) electrons. The van der Waals surface area contributed by atoms with Gasteiger partial charge in [0.2, 0.25) is 5.91 Å². The predicted molar refractivity (Wildman–Crippen MR) is 146 cm³/mol. The normalized spacial score (nSPS) is 21.1. The van der Waals surface area contributed by atoms with Crippen LogP contribution in [0, 0.1) is 18.3 Å². The highest BCUT2D eigenvalue weighted by Crippen LogP contribution is 2.40. The first kappa shape index (κ1) is 28.9. The van der Waals surface area contributed by atoms with Gasteiger partial charge in [-0.15, -0.1) is 0 Å². The van der Waals surface area contributed by atoms with E-state index in [0.29, 0.717) is 45.8 Å². The monoisotopic (exact) mass is 572 g/mol. The topological polar surface area (TPSA) is 105 Å². The molecule has 0 aliphatic carbocycles. The van der Waals surface area contributed by atoms with Crippen LogP contribution in [-0.2, 0) is 18.0 Å². The summed E-state index contributed by atoms with van der Waals surface area (Å²) in [6.07, 6.45) is -0.184. The van der Waals surface area contributed by atoms with E-state index in [-0.39, 0.29) is 42.0 Å². The van der Waals surface area contributed by atoms with Gasteiger partial charge < -0.3 is 19.8 Å². The number of piperidine rings is 1. The number of nitriles is 1. The van der Waals surface area contributed by atoms with Crippen molar-refractivity contribution < 1.29 is 23.1 Å². The number of carbonyl (C=O) groups is 1. The van der Waals surface area contributed by atoms with Crippen LogP contribution in [0.3, 0.4) is 0 Å². The Kier molecular flexibility index (Phi) is 7.98. The number of alkyl halides is 3. The summed E-state index contributed by atoms with van der Waals surface area (Å²) in [5.74, 6) is 0.289. The molecule has 1 N–H and O–H groups in total. The molecule has 220 valence electrons. The molecule has 10 nitrogen and oxygen atoms in total. The number of amides is 1. The average Bonchev–Trinajstić information content (AvgIpc) is 3.28. The molecule has 1 atom stereocenters. The molecule has 2 aromatic heterocycles. The Morgan fingerprint density at radius 3 is 2.46 bits per heavy atom. The summed E-state index contributed by atoms with van der Waals surface area (Å²) < 4.78 is 44.3. The van der Waals surface area contributed by atoms with E-state index < -0.39 is 17.4 Å². The molecule has 3 saturated heterocycles. The zero-order chi connectivity index (χ0) is 29.5. The summed E-state index contributed by atoms with van der Waals surface area (Å²) >= 11 is 0. The van der Waals surface area contributed by atoms with Gasteiger partial charge in [0, 0.05) is 76.6 Å². The first-order chi connectivity index (χ1) is 19.5. The van der Waals surface area contributed by atoms with Gasteiger partial charge in [0.05, 0.1) is 24.5 Å². The van der Waals surface area contributed by atoms with Crippen molar-refractivity contribution in [3.8, 4) is 6.07 Å². The molecular weight excluding hydrogens is 537 g/mol. The molecule has 5 heterocycles. The smallest absolute Gasteiger partial charge is 0.395 e. The van der Waals surface area contributed by atoms with Crippen molar-refractivity contribution in [2.75, 3.05) is 62.2 Å². The number of rotatable bonds is 6. The highest BCUT2D eigenvalue weighted by Gasteiger charge is 2.43. The summed E-state index contributed by atoms with van der Waals surface area (Å²) in [6.45, 7) is 8.66. The van der Waals surface area contributed by atoms with Crippen LogP contribution < -0.4 is 9.80 Å². The fourth-order valence-corrected chi connectivity index (χ4v) is 6.47. The Bertz CT molecular complexity index is 1320. The van der Waals surface area contributed by atoms with Gasteiger partial charge in [-0.05, 0) is 31.4 Å². The molecule has 0 bridgehead atoms. The summed E-state index contributed by atoms with van der Waals surface area (Å²) in [7, 11) is 1.91. The van der Waals surface area contributed by atoms with E-state index in [0.717, 1.165) is 24.1 Å². The second kappa shape index (κ2) is 11.3. The zero-order valence-electron chi connectivity index (χ0n) is 23.3. The van der Waals surface area contributed by atoms with E-state index in [1.165, 1.54) is 6.08 Å². The van der Waals surface area contributed by atoms with E-state index in [1.54, 1.807) is 21.9 Å². The number of anilines is 2. The highest BCUT2D eigenvalue weighted by molar-refractivity contribution is 5.87. The van der Waals surface area contributed by atoms with Crippen LogP contribution in [0.5, 0.6) is 0 Å². The van der Waals surface area contributed by atoms with Crippen LogP contribution in [0.1, 0.15) is 41.3 Å². The molecule has 41 heavy (non-hydrogen) atoms. The second-order valence-corrected chi connectivity index (χ2v) is 11.1. The number of hydrogen-bond donors (Lipinski definition) is 1. The molecule has 2 aromatic rings. The van der Waals surface area contributed by atoms with E-state index in [9.17, 15) is 28.3 Å². The first-order valence-electron chi connectivity index (χ1n) is 13.8. The number of pyridine rings is 1. The van der Waals surface area contributed by atoms with Crippen molar-refractivity contribution in [1.82, 2.24) is 24.6 Å². The molecular formula is C28H35F3N8O2. The fraction of sp³-hybridized carbons (Fsp3) is 0.571. The number of aryl methyl sites for hydroxylation is 2. The Balaban J connectivity index is 1.35. The van der Waals surface area contributed by atoms with Gasteiger partial charge in [0.25, 0.3) is 0 Å². The van der Waals surface area contributed by atoms with Gasteiger partial charge in [-0.2, -0.15) is 23.5 Å². The maximum atomic E-state index is 14.1. The minimum atomic E-state index is -4.78. The lowest BCUT2D eigenvalue weighted by Crippen LogP contribution is -2.67. The van der Waals surface area contributed by atoms with Gasteiger partial charge in [-0.3, -0.25) is 14.4 Å². The minimum Gasteiger partial charge on any atom is -0.395 e. The average molecular weight is 573 g/mol. The summed E-state index contributed by atoms with van der Waals surface area (Å²) in [5, 5.41) is 24.1. The van der Waals surface area contributed by atoms with Crippen molar-refractivity contribution in [1.29, 1.82) is 5.26 Å².